The highest BCUT2D eigenvalue weighted by molar-refractivity contribution is 8.12. The third kappa shape index (κ3) is 2.39. The van der Waals surface area contributed by atoms with Gasteiger partial charge in [0.2, 0.25) is 6.26 Å². The van der Waals surface area contributed by atoms with Gasteiger partial charge in [-0.2, -0.15) is 43.9 Å². The van der Waals surface area contributed by atoms with Crippen molar-refractivity contribution in [3.63, 3.8) is 0 Å². The molecule has 0 aliphatic carbocycles. The lowest BCUT2D eigenvalue weighted by molar-refractivity contribution is -0.266. The number of hydrogen-bond acceptors (Lipinski definition) is 1. The monoisotopic (exact) mass is 318 g/mol. The Bertz CT molecular complexity index is 311. The maximum atomic E-state index is 12.3. The molecule has 104 valence electrons. The number of halogens is 10. The zero-order chi connectivity index (χ0) is 14.5. The maximum Gasteiger partial charge on any atom is 0.461 e. The Balaban J connectivity index is 5.83. The summed E-state index contributed by atoms with van der Waals surface area (Å²) in [5.41, 5.74) is -13.4. The number of alkyl halides is 10. The van der Waals surface area contributed by atoms with Crippen molar-refractivity contribution in [3.8, 4) is 0 Å². The van der Waals surface area contributed by atoms with Crippen LogP contribution in [-0.4, -0.2) is 28.6 Å². The Kier molecular flexibility index (Phi) is 3.93. The highest BCUT2D eigenvalue weighted by atomic mass is 32.4. The normalized spacial score (nSPS) is 16.2. The fourth-order valence-corrected chi connectivity index (χ4v) is 2.18. The second-order valence-corrected chi connectivity index (χ2v) is 6.51. The van der Waals surface area contributed by atoms with Crippen molar-refractivity contribution in [1.29, 1.82) is 0 Å². The van der Waals surface area contributed by atoms with Crippen molar-refractivity contribution in [2.24, 2.45) is 0 Å². The predicted molar refractivity (Wildman–Crippen MR) is 38.5 cm³/mol. The summed E-state index contributed by atoms with van der Waals surface area (Å²) in [4.78, 5) is 8.23. The molecule has 1 N–H and O–H groups in total. The van der Waals surface area contributed by atoms with Crippen LogP contribution in [0.5, 0.6) is 0 Å². The third-order valence-corrected chi connectivity index (χ3v) is 4.85. The lowest BCUT2D eigenvalue weighted by Gasteiger charge is -2.33. The third-order valence-electron chi connectivity index (χ3n) is 1.44. The van der Waals surface area contributed by atoms with E-state index >= 15 is 0 Å². The van der Waals surface area contributed by atoms with Crippen LogP contribution in [0.3, 0.4) is 0 Å². The summed E-state index contributed by atoms with van der Waals surface area (Å²) >= 11 is 2.84. The largest absolute Gasteiger partial charge is 0.461 e. The van der Waals surface area contributed by atoms with Gasteiger partial charge in [0, 0.05) is 0 Å². The van der Waals surface area contributed by atoms with E-state index in [2.05, 4.69) is 11.8 Å². The van der Waals surface area contributed by atoms with E-state index in [1.54, 1.807) is 0 Å². The van der Waals surface area contributed by atoms with Crippen molar-refractivity contribution < 1.29 is 48.8 Å². The Morgan fingerprint density at radius 1 is 0.647 bits per heavy atom. The van der Waals surface area contributed by atoms with E-state index in [4.69, 9.17) is 4.89 Å². The second-order valence-electron chi connectivity index (χ2n) is 2.65. The zero-order valence-corrected chi connectivity index (χ0v) is 8.79. The molecule has 1 nitrogen and oxygen atoms in total. The van der Waals surface area contributed by atoms with Gasteiger partial charge in [-0.1, -0.05) is 11.8 Å². The average Bonchev–Trinajstić information content (AvgIpc) is 1.98. The van der Waals surface area contributed by atoms with E-state index in [0.717, 1.165) is 0 Å². The first kappa shape index (κ1) is 16.9. The maximum absolute atomic E-state index is 12.3. The van der Waals surface area contributed by atoms with Crippen LogP contribution in [0.1, 0.15) is 0 Å². The fourth-order valence-electron chi connectivity index (χ4n) is 0.520. The lowest BCUT2D eigenvalue weighted by Crippen LogP contribution is -2.46. The van der Waals surface area contributed by atoms with Gasteiger partial charge in [0.15, 0.2) is 0 Å². The molecule has 0 aromatic carbocycles. The van der Waals surface area contributed by atoms with Gasteiger partial charge in [-0.05, 0) is 0 Å². The molecule has 0 saturated heterocycles. The van der Waals surface area contributed by atoms with Crippen LogP contribution in [0.2, 0.25) is 0 Å². The summed E-state index contributed by atoms with van der Waals surface area (Å²) in [6, 6.07) is 0. The Morgan fingerprint density at radius 3 is 0.941 bits per heavy atom. The molecule has 0 atom stereocenters. The summed E-state index contributed by atoms with van der Waals surface area (Å²) in [6.07, 6.45) is -21.1. The molecule has 0 aliphatic rings. The van der Waals surface area contributed by atoms with Gasteiger partial charge in [-0.15, -0.1) is 0 Å². The molecule has 17 heavy (non-hydrogen) atoms. The minimum Gasteiger partial charge on any atom is -0.356 e. The van der Waals surface area contributed by atoms with Gasteiger partial charge in [-0.3, -0.25) is 0 Å². The van der Waals surface area contributed by atoms with E-state index in [9.17, 15) is 43.9 Å². The highest BCUT2D eigenvalue weighted by Gasteiger charge is 2.80. The lowest BCUT2D eigenvalue weighted by atomic mass is 10.7. The minimum atomic E-state index is -7.42. The average molecular weight is 318 g/mol. The van der Waals surface area contributed by atoms with E-state index in [-0.39, 0.29) is 0 Å². The van der Waals surface area contributed by atoms with E-state index in [1.807, 2.05) is 0 Å². The molecule has 0 saturated carbocycles. The predicted octanol–water partition coefficient (Wildman–Crippen LogP) is 3.68. The van der Waals surface area contributed by atoms with Crippen LogP contribution in [0.15, 0.2) is 0 Å². The summed E-state index contributed by atoms with van der Waals surface area (Å²) < 4.78 is 119. The SMILES string of the molecule is OP(=S)(C(F)(F)C(F)(F)F)C(F)(F)C(F)(F)F. The molecular formula is C4HF10OPS. The molecular weight excluding hydrogens is 317 g/mol. The number of hydrogen-bond donors (Lipinski definition) is 1. The van der Waals surface area contributed by atoms with Crippen LogP contribution in [0.4, 0.5) is 43.9 Å². The van der Waals surface area contributed by atoms with Crippen molar-refractivity contribution in [1.82, 2.24) is 0 Å². The molecule has 0 aromatic rings. The molecule has 0 aromatic heterocycles. The summed E-state index contributed by atoms with van der Waals surface area (Å²) in [5, 5.41) is 0. The second kappa shape index (κ2) is 3.95. The zero-order valence-electron chi connectivity index (χ0n) is 7.08. The quantitative estimate of drug-likeness (QED) is 0.619. The fraction of sp³-hybridized carbons (Fsp3) is 1.00. The topological polar surface area (TPSA) is 20.2 Å². The van der Waals surface area contributed by atoms with Crippen LogP contribution in [0, 0.1) is 0 Å². The Labute approximate surface area is 91.5 Å². The molecule has 13 heteroatoms. The van der Waals surface area contributed by atoms with Gasteiger partial charge in [0.05, 0.1) is 0 Å². The highest BCUT2D eigenvalue weighted by Crippen LogP contribution is 2.74. The van der Waals surface area contributed by atoms with Crippen LogP contribution < -0.4 is 0 Å². The molecule has 0 rings (SSSR count). The van der Waals surface area contributed by atoms with Crippen molar-refractivity contribution in [3.05, 3.63) is 0 Å². The molecule has 0 unspecified atom stereocenters. The van der Waals surface area contributed by atoms with Crippen molar-refractivity contribution in [2.75, 3.05) is 0 Å². The molecule has 0 aliphatic heterocycles. The van der Waals surface area contributed by atoms with Gasteiger partial charge in [0.1, 0.15) is 0 Å². The van der Waals surface area contributed by atoms with Crippen LogP contribution in [-0.2, 0) is 11.8 Å². The molecule has 0 radical (unpaired) electrons. The molecule has 0 bridgehead atoms. The van der Waals surface area contributed by atoms with Gasteiger partial charge < -0.3 is 4.89 Å². The summed E-state index contributed by atoms with van der Waals surface area (Å²) in [7, 11) is 0. The molecule has 0 amide bonds. The standard InChI is InChI=1S/C4HF10OPS/c5-1(6,7)3(11,12)16(15,17)4(13,14)2(8,9)10/h(H,15,17). The minimum absolute atomic E-state index is 2.84. The smallest absolute Gasteiger partial charge is 0.356 e. The van der Waals surface area contributed by atoms with E-state index < -0.39 is 29.9 Å². The number of rotatable bonds is 2. The van der Waals surface area contributed by atoms with Gasteiger partial charge >= 0.3 is 23.7 Å². The van der Waals surface area contributed by atoms with Gasteiger partial charge in [-0.25, -0.2) is 0 Å². The Morgan fingerprint density at radius 2 is 0.824 bits per heavy atom. The molecule has 0 spiro atoms. The van der Waals surface area contributed by atoms with Crippen molar-refractivity contribution in [2.45, 2.75) is 23.7 Å². The molecule has 0 fully saturated rings. The van der Waals surface area contributed by atoms with Crippen LogP contribution in [0.25, 0.3) is 0 Å². The Hall–Kier alpha value is -0.0900. The van der Waals surface area contributed by atoms with E-state index in [1.165, 1.54) is 0 Å². The first-order valence-electron chi connectivity index (χ1n) is 3.22. The van der Waals surface area contributed by atoms with E-state index in [0.29, 0.717) is 0 Å². The van der Waals surface area contributed by atoms with Gasteiger partial charge in [0.25, 0.3) is 0 Å². The van der Waals surface area contributed by atoms with Crippen LogP contribution >= 0.6 is 6.26 Å². The first-order valence-corrected chi connectivity index (χ1v) is 5.97. The molecule has 0 heterocycles. The first-order chi connectivity index (χ1) is 7.00. The summed E-state index contributed by atoms with van der Waals surface area (Å²) in [5.74, 6) is 0. The summed E-state index contributed by atoms with van der Waals surface area (Å²) in [6.45, 7) is 0. The van der Waals surface area contributed by atoms with Crippen molar-refractivity contribution >= 4 is 18.1 Å².